The number of ether oxygens (including phenoxy) is 1. The zero-order valence-corrected chi connectivity index (χ0v) is 18.0. The van der Waals surface area contributed by atoms with Gasteiger partial charge in [-0.1, -0.05) is 12.1 Å². The Morgan fingerprint density at radius 1 is 1.31 bits per heavy atom. The van der Waals surface area contributed by atoms with E-state index >= 15 is 0 Å². The van der Waals surface area contributed by atoms with E-state index in [0.29, 0.717) is 22.5 Å². The number of anilines is 1. The van der Waals surface area contributed by atoms with E-state index in [-0.39, 0.29) is 18.4 Å². The molecule has 0 spiro atoms. The number of nitrogens with zero attached hydrogens (tertiary/aromatic N) is 2. The third-order valence-electron chi connectivity index (χ3n) is 5.55. The lowest BCUT2D eigenvalue weighted by atomic mass is 10.0. The molecule has 2 amide bonds. The van der Waals surface area contributed by atoms with E-state index in [1.807, 2.05) is 29.6 Å². The molecule has 0 radical (unpaired) electrons. The van der Waals surface area contributed by atoms with Gasteiger partial charge in [0.15, 0.2) is 5.13 Å². The van der Waals surface area contributed by atoms with E-state index in [1.165, 1.54) is 11.3 Å². The van der Waals surface area contributed by atoms with Crippen LogP contribution >= 0.6 is 11.3 Å². The minimum absolute atomic E-state index is 0.192. The molecule has 32 heavy (non-hydrogen) atoms. The average Bonchev–Trinajstić information content (AvgIpc) is 3.69. The second kappa shape index (κ2) is 8.13. The number of H-pyrrole nitrogens is 1. The summed E-state index contributed by atoms with van der Waals surface area (Å²) in [5, 5.41) is 17.0. The molecule has 2 heterocycles. The highest BCUT2D eigenvalue weighted by atomic mass is 32.1. The Kier molecular flexibility index (Phi) is 5.15. The van der Waals surface area contributed by atoms with Gasteiger partial charge < -0.3 is 20.4 Å². The van der Waals surface area contributed by atoms with Crippen LogP contribution < -0.4 is 15.4 Å². The van der Waals surface area contributed by atoms with Crippen LogP contribution in [0.3, 0.4) is 0 Å². The van der Waals surface area contributed by atoms with Gasteiger partial charge in [0.1, 0.15) is 5.75 Å². The van der Waals surface area contributed by atoms with Gasteiger partial charge in [-0.3, -0.25) is 9.59 Å². The summed E-state index contributed by atoms with van der Waals surface area (Å²) in [6.45, 7) is -0.192. The lowest BCUT2D eigenvalue weighted by molar-refractivity contribution is -0.115. The van der Waals surface area contributed by atoms with Crippen molar-refractivity contribution in [3.63, 3.8) is 0 Å². The SMILES string of the molecule is N#CC1(c2[nH]ccc2C(=O)NCC(=O)Nc2nc(-c3cccc(OC4CC4)c3)cs2)CC1. The Morgan fingerprint density at radius 2 is 2.16 bits per heavy atom. The Bertz CT molecular complexity index is 1220. The number of benzene rings is 1. The molecule has 2 fully saturated rings. The maximum atomic E-state index is 12.5. The molecule has 5 rings (SSSR count). The van der Waals surface area contributed by atoms with E-state index in [2.05, 4.69) is 26.7 Å². The van der Waals surface area contributed by atoms with E-state index < -0.39 is 5.41 Å². The summed E-state index contributed by atoms with van der Waals surface area (Å²) in [6, 6.07) is 11.7. The van der Waals surface area contributed by atoms with Crippen molar-refractivity contribution in [1.29, 1.82) is 5.26 Å². The number of nitrogens with one attached hydrogen (secondary N) is 3. The van der Waals surface area contributed by atoms with Gasteiger partial charge in [-0.15, -0.1) is 11.3 Å². The quantitative estimate of drug-likeness (QED) is 0.487. The van der Waals surface area contributed by atoms with Crippen molar-refractivity contribution in [3.8, 4) is 23.1 Å². The summed E-state index contributed by atoms with van der Waals surface area (Å²) in [5.41, 5.74) is 2.09. The molecule has 0 aliphatic heterocycles. The number of aromatic amines is 1. The molecule has 2 aliphatic carbocycles. The highest BCUT2D eigenvalue weighted by molar-refractivity contribution is 7.14. The zero-order chi connectivity index (χ0) is 22.1. The molecule has 3 N–H and O–H groups in total. The molecule has 9 heteroatoms. The van der Waals surface area contributed by atoms with Gasteiger partial charge in [0.25, 0.3) is 5.91 Å². The molecule has 2 aliphatic rings. The average molecular weight is 448 g/mol. The molecule has 0 saturated heterocycles. The summed E-state index contributed by atoms with van der Waals surface area (Å²) < 4.78 is 5.83. The van der Waals surface area contributed by atoms with Crippen LogP contribution in [0.2, 0.25) is 0 Å². The van der Waals surface area contributed by atoms with Crippen LogP contribution in [0, 0.1) is 11.3 Å². The third kappa shape index (κ3) is 4.22. The molecule has 0 unspecified atom stereocenters. The van der Waals surface area contributed by atoms with Crippen LogP contribution in [-0.2, 0) is 10.2 Å². The van der Waals surface area contributed by atoms with Crippen LogP contribution in [-0.4, -0.2) is 34.4 Å². The maximum Gasteiger partial charge on any atom is 0.253 e. The summed E-state index contributed by atoms with van der Waals surface area (Å²) in [7, 11) is 0. The minimum atomic E-state index is -0.600. The van der Waals surface area contributed by atoms with E-state index in [0.717, 1.165) is 42.7 Å². The molecular formula is C23H21N5O3S. The standard InChI is InChI=1S/C23H21N5O3S/c24-13-23(7-8-23)20-17(6-9-25-20)21(30)26-11-19(29)28-22-27-18(12-32-22)14-2-1-3-16(10-14)31-15-4-5-15/h1-3,6,9-10,12,15,25H,4-5,7-8,11H2,(H,26,30)(H,27,28,29). The van der Waals surface area contributed by atoms with Gasteiger partial charge in [-0.25, -0.2) is 4.98 Å². The number of hydrogen-bond donors (Lipinski definition) is 3. The normalized spacial score (nSPS) is 16.1. The van der Waals surface area contributed by atoms with Crippen molar-refractivity contribution in [2.45, 2.75) is 37.2 Å². The predicted octanol–water partition coefficient (Wildman–Crippen LogP) is 3.60. The predicted molar refractivity (Wildman–Crippen MR) is 119 cm³/mol. The fourth-order valence-electron chi connectivity index (χ4n) is 3.49. The summed E-state index contributed by atoms with van der Waals surface area (Å²) in [5.74, 6) is 0.0635. The topological polar surface area (TPSA) is 120 Å². The van der Waals surface area contributed by atoms with E-state index in [4.69, 9.17) is 4.74 Å². The molecule has 3 aromatic rings. The number of hydrogen-bond acceptors (Lipinski definition) is 6. The van der Waals surface area contributed by atoms with Gasteiger partial charge in [-0.05, 0) is 43.9 Å². The fraction of sp³-hybridized carbons (Fsp3) is 0.304. The zero-order valence-electron chi connectivity index (χ0n) is 17.2. The summed E-state index contributed by atoms with van der Waals surface area (Å²) >= 11 is 1.32. The molecular weight excluding hydrogens is 426 g/mol. The molecule has 1 aromatic carbocycles. The van der Waals surface area contributed by atoms with Gasteiger partial charge in [-0.2, -0.15) is 5.26 Å². The van der Waals surface area contributed by atoms with Crippen molar-refractivity contribution in [2.75, 3.05) is 11.9 Å². The van der Waals surface area contributed by atoms with Crippen molar-refractivity contribution >= 4 is 28.3 Å². The number of rotatable bonds is 8. The first-order chi connectivity index (χ1) is 15.6. The van der Waals surface area contributed by atoms with Crippen LogP contribution in [0.1, 0.15) is 41.7 Å². The Hall–Kier alpha value is -3.64. The molecule has 0 bridgehead atoms. The second-order valence-corrected chi connectivity index (χ2v) is 8.93. The smallest absolute Gasteiger partial charge is 0.253 e. The highest BCUT2D eigenvalue weighted by Gasteiger charge is 2.48. The van der Waals surface area contributed by atoms with E-state index in [1.54, 1.807) is 12.3 Å². The first-order valence-electron chi connectivity index (χ1n) is 10.5. The van der Waals surface area contributed by atoms with Crippen molar-refractivity contribution in [1.82, 2.24) is 15.3 Å². The molecule has 2 aromatic heterocycles. The first-order valence-corrected chi connectivity index (χ1v) is 11.3. The third-order valence-corrected chi connectivity index (χ3v) is 6.31. The fourth-order valence-corrected chi connectivity index (χ4v) is 4.22. The summed E-state index contributed by atoms with van der Waals surface area (Å²) in [4.78, 5) is 32.3. The minimum Gasteiger partial charge on any atom is -0.490 e. The van der Waals surface area contributed by atoms with Crippen LogP contribution in [0.4, 0.5) is 5.13 Å². The largest absolute Gasteiger partial charge is 0.490 e. The molecule has 2 saturated carbocycles. The molecule has 8 nitrogen and oxygen atoms in total. The number of carbonyl (C=O) groups excluding carboxylic acids is 2. The van der Waals surface area contributed by atoms with Crippen LogP contribution in [0.5, 0.6) is 5.75 Å². The van der Waals surface area contributed by atoms with Crippen LogP contribution in [0.15, 0.2) is 41.9 Å². The van der Waals surface area contributed by atoms with Gasteiger partial charge >= 0.3 is 0 Å². The second-order valence-electron chi connectivity index (χ2n) is 8.07. The number of carbonyl (C=O) groups is 2. The summed E-state index contributed by atoms with van der Waals surface area (Å²) in [6.07, 6.45) is 5.61. The Balaban J connectivity index is 1.17. The first kappa shape index (κ1) is 20.3. The van der Waals surface area contributed by atoms with E-state index in [9.17, 15) is 14.9 Å². The van der Waals surface area contributed by atoms with Crippen molar-refractivity contribution in [2.24, 2.45) is 0 Å². The van der Waals surface area contributed by atoms with Gasteiger partial charge in [0.05, 0.1) is 35.4 Å². The van der Waals surface area contributed by atoms with Crippen LogP contribution in [0.25, 0.3) is 11.3 Å². The number of thiazole rings is 1. The number of amides is 2. The van der Waals surface area contributed by atoms with Gasteiger partial charge in [0.2, 0.25) is 5.91 Å². The van der Waals surface area contributed by atoms with Crippen molar-refractivity contribution < 1.29 is 14.3 Å². The Labute approximate surface area is 188 Å². The highest BCUT2D eigenvalue weighted by Crippen LogP contribution is 2.48. The Morgan fingerprint density at radius 3 is 2.91 bits per heavy atom. The number of nitriles is 1. The lowest BCUT2D eigenvalue weighted by Crippen LogP contribution is -2.33. The monoisotopic (exact) mass is 447 g/mol. The van der Waals surface area contributed by atoms with Gasteiger partial charge in [0, 0.05) is 22.8 Å². The van der Waals surface area contributed by atoms with Crippen molar-refractivity contribution in [3.05, 3.63) is 53.2 Å². The number of aromatic nitrogens is 2. The molecule has 162 valence electrons. The molecule has 0 atom stereocenters. The lowest BCUT2D eigenvalue weighted by Gasteiger charge is -2.09. The maximum absolute atomic E-state index is 12.5.